The largest absolute Gasteiger partial charge is 0.420 e. The van der Waals surface area contributed by atoms with Crippen molar-refractivity contribution in [2.75, 3.05) is 123 Å². The molecule has 0 amide bonds. The quantitative estimate of drug-likeness (QED) is 0.0163. The third kappa shape index (κ3) is 21.6. The number of halogens is 4. The Bertz CT molecular complexity index is 2730. The Kier molecular flexibility index (Phi) is 26.3. The van der Waals surface area contributed by atoms with Crippen molar-refractivity contribution in [1.29, 1.82) is 0 Å². The zero-order chi connectivity index (χ0) is 56.6. The Labute approximate surface area is 455 Å². The van der Waals surface area contributed by atoms with E-state index in [1.165, 1.54) is 17.2 Å². The Morgan fingerprint density at radius 3 is 2.00 bits per heavy atom. The molecule has 5 atom stereocenters. The highest BCUT2D eigenvalue weighted by molar-refractivity contribution is 7.70. The Hall–Kier alpha value is -4.66. The third-order valence-corrected chi connectivity index (χ3v) is 14.9. The number of anilines is 1. The second-order valence-electron chi connectivity index (χ2n) is 17.1. The zero-order valence-electron chi connectivity index (χ0n) is 42.5. The predicted octanol–water partition coefficient (Wildman–Crippen LogP) is 2.78. The number of hydrogen-bond donors (Lipinski definition) is 5. The summed E-state index contributed by atoms with van der Waals surface area (Å²) in [5.74, 6) is -6.66. The maximum Gasteiger partial charge on any atom is 0.340 e. The molecular weight excluding hydrogens is 1120 g/mol. The average Bonchev–Trinajstić information content (AvgIpc) is 4.32. The first kappa shape index (κ1) is 63.5. The minimum atomic E-state index is -4.90. The van der Waals surface area contributed by atoms with Crippen molar-refractivity contribution < 1.29 is 104 Å². The SMILES string of the molecule is O=C(CCOCCOCCOCCOCCn1cc(COCCOCCOCCOCCN(Cc2ccccc2Cl)c2ncnc3c2cnn3[C@@H]2O[C@H](COP(=O)(O)CP(=O)(O)O)[C@@H](O)[C@H]2O)nn1)Oc1c(F)cc(F)cc1F. The topological polar surface area (TPSA) is 331 Å². The van der Waals surface area contributed by atoms with Crippen LogP contribution in [-0.4, -0.2) is 202 Å². The van der Waals surface area contributed by atoms with Crippen LogP contribution in [0.2, 0.25) is 5.02 Å². The molecule has 0 aliphatic carbocycles. The van der Waals surface area contributed by atoms with E-state index in [9.17, 15) is 42.2 Å². The Morgan fingerprint density at radius 1 is 0.772 bits per heavy atom. The van der Waals surface area contributed by atoms with Gasteiger partial charge in [-0.1, -0.05) is 35.0 Å². The van der Waals surface area contributed by atoms with Gasteiger partial charge in [0.15, 0.2) is 29.4 Å². The summed E-state index contributed by atoms with van der Waals surface area (Å²) in [6, 6.07) is 8.11. The van der Waals surface area contributed by atoms with Crippen LogP contribution in [0.25, 0.3) is 11.0 Å². The summed E-state index contributed by atoms with van der Waals surface area (Å²) in [4.78, 5) is 50.6. The fraction of sp³-hybridized carbons (Fsp3) is 0.565. The van der Waals surface area contributed by atoms with Gasteiger partial charge >= 0.3 is 21.2 Å². The number of aromatic nitrogens is 7. The second-order valence-corrected chi connectivity index (χ2v) is 21.5. The minimum absolute atomic E-state index is 0.0669. The molecule has 27 nitrogen and oxygen atoms in total. The number of hydrogen-bond acceptors (Lipinski definition) is 22. The summed E-state index contributed by atoms with van der Waals surface area (Å²) in [6.45, 7) is 4.78. The molecule has 1 unspecified atom stereocenters. The molecule has 1 aliphatic rings. The molecule has 438 valence electrons. The van der Waals surface area contributed by atoms with Crippen molar-refractivity contribution in [2.45, 2.75) is 50.7 Å². The molecule has 33 heteroatoms. The van der Waals surface area contributed by atoms with Crippen molar-refractivity contribution in [2.24, 2.45) is 0 Å². The number of carbonyl (C=O) groups excluding carboxylic acids is 1. The van der Waals surface area contributed by atoms with Gasteiger partial charge in [0.25, 0.3) is 0 Å². The van der Waals surface area contributed by atoms with Crippen molar-refractivity contribution in [3.8, 4) is 5.75 Å². The van der Waals surface area contributed by atoms with Gasteiger partial charge < -0.3 is 81.7 Å². The molecule has 1 saturated heterocycles. The fourth-order valence-electron chi connectivity index (χ4n) is 7.30. The Balaban J connectivity index is 0.773. The number of ether oxygens (including phenoxy) is 10. The first-order chi connectivity index (χ1) is 38.0. The lowest BCUT2D eigenvalue weighted by atomic mass is 10.1. The lowest BCUT2D eigenvalue weighted by Gasteiger charge is -2.25. The van der Waals surface area contributed by atoms with Gasteiger partial charge in [0, 0.05) is 30.2 Å². The summed E-state index contributed by atoms with van der Waals surface area (Å²) in [5.41, 5.74) is 1.65. The van der Waals surface area contributed by atoms with Crippen LogP contribution in [0.5, 0.6) is 5.75 Å². The normalized spacial score (nSPS) is 17.4. The van der Waals surface area contributed by atoms with Crippen LogP contribution < -0.4 is 9.64 Å². The molecule has 2 aromatic carbocycles. The highest BCUT2D eigenvalue weighted by Gasteiger charge is 2.46. The van der Waals surface area contributed by atoms with Gasteiger partial charge in [-0.15, -0.1) is 5.10 Å². The molecule has 4 heterocycles. The van der Waals surface area contributed by atoms with Gasteiger partial charge in [0.05, 0.1) is 143 Å². The number of aliphatic hydroxyl groups is 2. The first-order valence-corrected chi connectivity index (χ1v) is 28.5. The van der Waals surface area contributed by atoms with Crippen molar-refractivity contribution in [1.82, 2.24) is 34.7 Å². The van der Waals surface area contributed by atoms with E-state index < -0.39 is 81.4 Å². The van der Waals surface area contributed by atoms with Crippen molar-refractivity contribution in [3.63, 3.8) is 0 Å². The fourth-order valence-corrected chi connectivity index (χ4v) is 10.1. The van der Waals surface area contributed by atoms with E-state index in [0.29, 0.717) is 120 Å². The molecule has 3 aromatic heterocycles. The maximum absolute atomic E-state index is 13.6. The summed E-state index contributed by atoms with van der Waals surface area (Å²) >= 11 is 6.54. The lowest BCUT2D eigenvalue weighted by Crippen LogP contribution is -2.33. The molecule has 6 rings (SSSR count). The molecule has 0 radical (unpaired) electrons. The molecular formula is C46H62ClF3N8O19P2. The van der Waals surface area contributed by atoms with Crippen LogP contribution in [0, 0.1) is 17.5 Å². The van der Waals surface area contributed by atoms with E-state index in [1.54, 1.807) is 16.9 Å². The van der Waals surface area contributed by atoms with Crippen LogP contribution in [0.1, 0.15) is 23.9 Å². The lowest BCUT2D eigenvalue weighted by molar-refractivity contribution is -0.136. The highest BCUT2D eigenvalue weighted by atomic mass is 35.5. The molecule has 1 aliphatic heterocycles. The van der Waals surface area contributed by atoms with Gasteiger partial charge in [-0.2, -0.15) is 5.10 Å². The number of nitrogens with zero attached hydrogens (tertiary/aromatic N) is 8. The van der Waals surface area contributed by atoms with Crippen molar-refractivity contribution in [3.05, 3.63) is 88.9 Å². The summed E-state index contributed by atoms with van der Waals surface area (Å²) < 4.78 is 126. The van der Waals surface area contributed by atoms with E-state index >= 15 is 0 Å². The summed E-state index contributed by atoms with van der Waals surface area (Å²) in [7, 11) is -9.67. The highest BCUT2D eigenvalue weighted by Crippen LogP contribution is 2.55. The van der Waals surface area contributed by atoms with E-state index in [2.05, 4.69) is 30.1 Å². The monoisotopic (exact) mass is 1180 g/mol. The number of rotatable bonds is 39. The van der Waals surface area contributed by atoms with Crippen LogP contribution in [0.4, 0.5) is 19.0 Å². The predicted molar refractivity (Wildman–Crippen MR) is 268 cm³/mol. The van der Waals surface area contributed by atoms with E-state index in [1.807, 2.05) is 23.1 Å². The number of benzene rings is 2. The van der Waals surface area contributed by atoms with Gasteiger partial charge in [-0.05, 0) is 11.6 Å². The number of fused-ring (bicyclic) bond motifs is 1. The van der Waals surface area contributed by atoms with E-state index in [4.69, 9.17) is 68.5 Å². The van der Waals surface area contributed by atoms with Crippen LogP contribution in [0.3, 0.4) is 0 Å². The third-order valence-electron chi connectivity index (χ3n) is 11.0. The standard InChI is InChI=1S/C46H62ClF3N8O19P2/c47-36-4-2-1-3-32(36)26-56(44-35-25-53-58(45(35)52-30-51-44)46-42(61)41(60)39(76-46)29-75-79(65,66)31-78(62,63)64)6-9-68-12-15-71-19-20-73-21-22-74-28-34-27-57(55-54-34)7-10-69-13-16-72-18-17-70-14-11-67-8-5-40(59)77-43-37(49)23-33(48)24-38(43)50/h1-4,23-25,27,30,39,41-42,46,60-61H,5-22,26,28-29,31H2,(H,65,66)(H2,62,63,64)/t39-,41-,42-,46-/m1/s1. The molecule has 0 saturated carbocycles. The number of esters is 1. The van der Waals surface area contributed by atoms with Gasteiger partial charge in [-0.3, -0.25) is 13.9 Å². The molecule has 1 fully saturated rings. The maximum atomic E-state index is 13.6. The van der Waals surface area contributed by atoms with Gasteiger partial charge in [0.2, 0.25) is 5.75 Å². The van der Waals surface area contributed by atoms with Gasteiger partial charge in [0.1, 0.15) is 42.0 Å². The van der Waals surface area contributed by atoms with Crippen LogP contribution in [-0.2, 0) is 80.8 Å². The number of aliphatic hydroxyl groups excluding tert-OH is 2. The van der Waals surface area contributed by atoms with Gasteiger partial charge in [-0.25, -0.2) is 32.5 Å². The van der Waals surface area contributed by atoms with Crippen LogP contribution >= 0.6 is 26.8 Å². The molecule has 0 bridgehead atoms. The minimum Gasteiger partial charge on any atom is -0.420 e. The molecule has 0 spiro atoms. The second kappa shape index (κ2) is 32.7. The smallest absolute Gasteiger partial charge is 0.340 e. The van der Waals surface area contributed by atoms with E-state index in [0.717, 1.165) is 5.56 Å². The molecule has 5 aromatic rings. The zero-order valence-corrected chi connectivity index (χ0v) is 45.0. The first-order valence-electron chi connectivity index (χ1n) is 24.5. The summed E-state index contributed by atoms with van der Waals surface area (Å²) in [5, 5.41) is 35.1. The molecule has 5 N–H and O–H groups in total. The van der Waals surface area contributed by atoms with E-state index in [-0.39, 0.29) is 51.7 Å². The molecule has 79 heavy (non-hydrogen) atoms. The van der Waals surface area contributed by atoms with Crippen LogP contribution in [0.15, 0.2) is 55.1 Å². The summed E-state index contributed by atoms with van der Waals surface area (Å²) in [6.07, 6.45) is -1.70. The number of carbonyl (C=O) groups is 1. The van der Waals surface area contributed by atoms with Crippen molar-refractivity contribution >= 4 is 49.6 Å². The average molecular weight is 1190 g/mol. The Morgan fingerprint density at radius 2 is 1.37 bits per heavy atom.